The van der Waals surface area contributed by atoms with Crippen LogP contribution in [0.4, 0.5) is 10.5 Å². The molecule has 90 valence electrons. The number of benzene rings is 1. The van der Waals surface area contributed by atoms with Gasteiger partial charge in [0, 0.05) is 15.7 Å². The largest absolute Gasteiger partial charge is 0.445 e. The zero-order chi connectivity index (χ0) is 12.8. The van der Waals surface area contributed by atoms with Crippen LogP contribution in [0.25, 0.3) is 0 Å². The number of rotatable bonds is 3. The number of ether oxygens (including phenoxy) is 1. The highest BCUT2D eigenvalue weighted by Gasteiger charge is 2.09. The molecule has 0 saturated heterocycles. The van der Waals surface area contributed by atoms with E-state index in [1.165, 1.54) is 0 Å². The van der Waals surface area contributed by atoms with E-state index in [0.29, 0.717) is 15.7 Å². The highest BCUT2D eigenvalue weighted by Crippen LogP contribution is 2.22. The van der Waals surface area contributed by atoms with E-state index in [9.17, 15) is 4.79 Å². The van der Waals surface area contributed by atoms with Gasteiger partial charge in [0.1, 0.15) is 6.10 Å². The molecule has 0 spiro atoms. The van der Waals surface area contributed by atoms with Crippen LogP contribution < -0.4 is 5.32 Å². The van der Waals surface area contributed by atoms with Crippen LogP contribution in [0, 0.1) is 11.3 Å². The van der Waals surface area contributed by atoms with Crippen LogP contribution in [-0.2, 0) is 4.74 Å². The molecule has 0 aromatic heterocycles. The first-order valence-electron chi connectivity index (χ1n) is 4.82. The Morgan fingerprint density at radius 3 is 2.59 bits per heavy atom. The Labute approximate surface area is 109 Å². The molecule has 1 aromatic rings. The maximum Gasteiger partial charge on any atom is 0.411 e. The monoisotopic (exact) mass is 272 g/mol. The third kappa shape index (κ3) is 4.94. The van der Waals surface area contributed by atoms with Crippen molar-refractivity contribution in [2.24, 2.45) is 0 Å². The molecule has 0 fully saturated rings. The second kappa shape index (κ2) is 6.33. The smallest absolute Gasteiger partial charge is 0.411 e. The van der Waals surface area contributed by atoms with Gasteiger partial charge in [-0.15, -0.1) is 0 Å². The lowest BCUT2D eigenvalue weighted by Crippen LogP contribution is -2.19. The number of nitrogens with one attached hydrogen (secondary N) is 1. The summed E-state index contributed by atoms with van der Waals surface area (Å²) in [7, 11) is 0. The van der Waals surface area contributed by atoms with E-state index in [1.54, 1.807) is 25.1 Å². The number of halogens is 2. The number of hydrogen-bond donors (Lipinski definition) is 1. The summed E-state index contributed by atoms with van der Waals surface area (Å²) in [6, 6.07) is 6.55. The number of hydrogen-bond acceptors (Lipinski definition) is 3. The zero-order valence-electron chi connectivity index (χ0n) is 9.04. The molecule has 0 aliphatic carbocycles. The van der Waals surface area contributed by atoms with Gasteiger partial charge in [-0.25, -0.2) is 4.79 Å². The molecule has 1 rings (SSSR count). The lowest BCUT2D eigenvalue weighted by Gasteiger charge is -2.11. The SMILES string of the molecule is CC(CC#N)OC(=O)Nc1cc(Cl)cc(Cl)c1. The third-order valence-electron chi connectivity index (χ3n) is 1.80. The first-order valence-corrected chi connectivity index (χ1v) is 5.57. The molecule has 17 heavy (non-hydrogen) atoms. The highest BCUT2D eigenvalue weighted by atomic mass is 35.5. The summed E-state index contributed by atoms with van der Waals surface area (Å²) < 4.78 is 4.92. The Hall–Kier alpha value is -1.44. The van der Waals surface area contributed by atoms with E-state index in [4.69, 9.17) is 33.2 Å². The number of carbonyl (C=O) groups is 1. The van der Waals surface area contributed by atoms with Crippen LogP contribution in [-0.4, -0.2) is 12.2 Å². The topological polar surface area (TPSA) is 62.1 Å². The number of anilines is 1. The van der Waals surface area contributed by atoms with Crippen LogP contribution in [0.2, 0.25) is 10.0 Å². The summed E-state index contributed by atoms with van der Waals surface area (Å²) in [5.41, 5.74) is 0.441. The van der Waals surface area contributed by atoms with Crippen LogP contribution in [0.5, 0.6) is 0 Å². The van der Waals surface area contributed by atoms with E-state index >= 15 is 0 Å². The number of amides is 1. The van der Waals surface area contributed by atoms with E-state index < -0.39 is 12.2 Å². The molecule has 1 N–H and O–H groups in total. The lowest BCUT2D eigenvalue weighted by atomic mass is 10.3. The van der Waals surface area contributed by atoms with Gasteiger partial charge in [0.2, 0.25) is 0 Å². The number of nitriles is 1. The average molecular weight is 273 g/mol. The predicted octanol–water partition coefficient (Wildman–Crippen LogP) is 3.84. The minimum atomic E-state index is -0.647. The number of carbonyl (C=O) groups excluding carboxylic acids is 1. The molecule has 1 atom stereocenters. The Kier molecular flexibility index (Phi) is 5.08. The van der Waals surface area contributed by atoms with Gasteiger partial charge >= 0.3 is 6.09 Å². The van der Waals surface area contributed by atoms with E-state index in [-0.39, 0.29) is 6.42 Å². The minimum absolute atomic E-state index is 0.143. The van der Waals surface area contributed by atoms with Crippen LogP contribution >= 0.6 is 23.2 Å². The minimum Gasteiger partial charge on any atom is -0.445 e. The van der Waals surface area contributed by atoms with Gasteiger partial charge in [-0.05, 0) is 25.1 Å². The normalized spacial score (nSPS) is 11.4. The second-order valence-corrected chi connectivity index (χ2v) is 4.23. The fraction of sp³-hybridized carbons (Fsp3) is 0.273. The molecule has 6 heteroatoms. The van der Waals surface area contributed by atoms with E-state index in [1.807, 2.05) is 6.07 Å². The van der Waals surface area contributed by atoms with Gasteiger partial charge in [-0.2, -0.15) is 5.26 Å². The van der Waals surface area contributed by atoms with Crippen molar-refractivity contribution in [3.05, 3.63) is 28.2 Å². The summed E-state index contributed by atoms with van der Waals surface area (Å²) >= 11 is 11.5. The van der Waals surface area contributed by atoms with Crippen LogP contribution in [0.15, 0.2) is 18.2 Å². The van der Waals surface area contributed by atoms with Crippen molar-refractivity contribution in [1.82, 2.24) is 0 Å². The van der Waals surface area contributed by atoms with Crippen LogP contribution in [0.1, 0.15) is 13.3 Å². The molecule has 0 aliphatic rings. The molecule has 0 bridgehead atoms. The molecule has 0 saturated carbocycles. The second-order valence-electron chi connectivity index (χ2n) is 3.36. The van der Waals surface area contributed by atoms with Crippen molar-refractivity contribution in [2.75, 3.05) is 5.32 Å². The van der Waals surface area contributed by atoms with Crippen molar-refractivity contribution in [1.29, 1.82) is 5.26 Å². The Morgan fingerprint density at radius 2 is 2.06 bits per heavy atom. The maximum absolute atomic E-state index is 11.4. The van der Waals surface area contributed by atoms with Crippen LogP contribution in [0.3, 0.4) is 0 Å². The standard InChI is InChI=1S/C11H10Cl2N2O2/c1-7(2-3-14)17-11(16)15-10-5-8(12)4-9(13)6-10/h4-7H,2H2,1H3,(H,15,16). The van der Waals surface area contributed by atoms with E-state index in [2.05, 4.69) is 5.32 Å². The van der Waals surface area contributed by atoms with Crippen molar-refractivity contribution in [2.45, 2.75) is 19.4 Å². The zero-order valence-corrected chi connectivity index (χ0v) is 10.5. The van der Waals surface area contributed by atoms with Gasteiger partial charge in [0.15, 0.2) is 0 Å². The molecule has 1 amide bonds. The molecule has 1 unspecified atom stereocenters. The fourth-order valence-corrected chi connectivity index (χ4v) is 1.65. The molecular formula is C11H10Cl2N2O2. The fourth-order valence-electron chi connectivity index (χ4n) is 1.13. The van der Waals surface area contributed by atoms with Crippen molar-refractivity contribution >= 4 is 35.0 Å². The first kappa shape index (κ1) is 13.6. The van der Waals surface area contributed by atoms with Crippen molar-refractivity contribution in [3.63, 3.8) is 0 Å². The quantitative estimate of drug-likeness (QED) is 0.909. The molecular weight excluding hydrogens is 263 g/mol. The van der Waals surface area contributed by atoms with Gasteiger partial charge in [0.25, 0.3) is 0 Å². The summed E-state index contributed by atoms with van der Waals surface area (Å²) in [4.78, 5) is 11.4. The summed E-state index contributed by atoms with van der Waals surface area (Å²) in [5, 5.41) is 11.7. The molecule has 4 nitrogen and oxygen atoms in total. The predicted molar refractivity (Wildman–Crippen MR) is 66.3 cm³/mol. The molecule has 1 aromatic carbocycles. The first-order chi connectivity index (χ1) is 8.01. The lowest BCUT2D eigenvalue weighted by molar-refractivity contribution is 0.123. The summed E-state index contributed by atoms with van der Waals surface area (Å²) in [6.45, 7) is 1.63. The Bertz CT molecular complexity index is 437. The van der Waals surface area contributed by atoms with Gasteiger partial charge in [0.05, 0.1) is 12.5 Å². The third-order valence-corrected chi connectivity index (χ3v) is 2.23. The molecule has 0 heterocycles. The highest BCUT2D eigenvalue weighted by molar-refractivity contribution is 6.35. The summed E-state index contributed by atoms with van der Waals surface area (Å²) in [6.07, 6.45) is -0.968. The van der Waals surface area contributed by atoms with Gasteiger partial charge < -0.3 is 4.74 Å². The van der Waals surface area contributed by atoms with E-state index in [0.717, 1.165) is 0 Å². The number of nitrogens with zero attached hydrogens (tertiary/aromatic N) is 1. The van der Waals surface area contributed by atoms with Crippen molar-refractivity contribution in [3.8, 4) is 6.07 Å². The Balaban J connectivity index is 2.59. The molecule has 0 radical (unpaired) electrons. The maximum atomic E-state index is 11.4. The average Bonchev–Trinajstić information content (AvgIpc) is 2.14. The molecule has 0 aliphatic heterocycles. The van der Waals surface area contributed by atoms with Crippen molar-refractivity contribution < 1.29 is 9.53 Å². The Morgan fingerprint density at radius 1 is 1.47 bits per heavy atom. The van der Waals surface area contributed by atoms with Gasteiger partial charge in [-0.1, -0.05) is 23.2 Å². The van der Waals surface area contributed by atoms with Gasteiger partial charge in [-0.3, -0.25) is 5.32 Å². The summed E-state index contributed by atoms with van der Waals surface area (Å²) in [5.74, 6) is 0.